The number of aromatic amines is 1. The molecule has 0 bridgehead atoms. The molecular formula is C13H15BrN4. The van der Waals surface area contributed by atoms with Gasteiger partial charge in [-0.15, -0.1) is 0 Å². The van der Waals surface area contributed by atoms with Crippen molar-refractivity contribution < 1.29 is 0 Å². The van der Waals surface area contributed by atoms with E-state index in [1.54, 1.807) is 18.9 Å². The molecule has 94 valence electrons. The molecule has 2 N–H and O–H groups in total. The quantitative estimate of drug-likeness (QED) is 0.654. The molecule has 2 aromatic rings. The van der Waals surface area contributed by atoms with Crippen molar-refractivity contribution in [3.63, 3.8) is 0 Å². The number of H-pyrrole nitrogens is 1. The van der Waals surface area contributed by atoms with Gasteiger partial charge in [0, 0.05) is 16.6 Å². The van der Waals surface area contributed by atoms with Crippen LogP contribution < -0.4 is 5.32 Å². The van der Waals surface area contributed by atoms with Crippen LogP contribution in [0.5, 0.6) is 0 Å². The summed E-state index contributed by atoms with van der Waals surface area (Å²) in [4.78, 5) is 11.3. The highest BCUT2D eigenvalue weighted by Crippen LogP contribution is 2.27. The van der Waals surface area contributed by atoms with Crippen LogP contribution in [0.4, 0.5) is 5.69 Å². The lowest BCUT2D eigenvalue weighted by Gasteiger charge is -2.05. The normalized spacial score (nSPS) is 11.0. The Morgan fingerprint density at radius 1 is 1.50 bits per heavy atom. The van der Waals surface area contributed by atoms with Gasteiger partial charge in [-0.1, -0.05) is 13.0 Å². The second-order valence-electron chi connectivity index (χ2n) is 3.84. The Hall–Kier alpha value is -1.62. The fourth-order valence-corrected chi connectivity index (χ4v) is 2.02. The molecule has 0 fully saturated rings. The Labute approximate surface area is 115 Å². The molecule has 1 aromatic carbocycles. The second kappa shape index (κ2) is 6.35. The number of halogens is 1. The van der Waals surface area contributed by atoms with Crippen molar-refractivity contribution in [3.8, 4) is 11.3 Å². The molecule has 0 radical (unpaired) electrons. The van der Waals surface area contributed by atoms with Crippen LogP contribution in [-0.2, 0) is 0 Å². The van der Waals surface area contributed by atoms with Crippen molar-refractivity contribution >= 4 is 28.0 Å². The fraction of sp³-hybridized carbons (Fsp3) is 0.231. The standard InChI is InChI=1S/C13H15BrN4/c1-2-5-15-8-17-12-4-3-10(6-11(12)14)13-7-16-9-18-13/h3-4,6-9H,2,5H2,1H3,(H,15,17)(H,16,18). The van der Waals surface area contributed by atoms with Crippen LogP contribution in [0.15, 0.2) is 40.2 Å². The zero-order valence-corrected chi connectivity index (χ0v) is 11.7. The largest absolute Gasteiger partial charge is 0.346 e. The van der Waals surface area contributed by atoms with Crippen molar-refractivity contribution in [1.82, 2.24) is 9.97 Å². The van der Waals surface area contributed by atoms with Crippen molar-refractivity contribution in [2.45, 2.75) is 13.3 Å². The molecule has 0 aliphatic rings. The maximum Gasteiger partial charge on any atom is 0.0924 e. The minimum Gasteiger partial charge on any atom is -0.346 e. The van der Waals surface area contributed by atoms with E-state index in [0.29, 0.717) is 0 Å². The average Bonchev–Trinajstić information content (AvgIpc) is 2.90. The Balaban J connectivity index is 2.10. The Bertz CT molecular complexity index is 520. The van der Waals surface area contributed by atoms with Crippen molar-refractivity contribution in [1.29, 1.82) is 0 Å². The highest BCUT2D eigenvalue weighted by molar-refractivity contribution is 9.10. The molecule has 0 saturated heterocycles. The number of nitrogens with zero attached hydrogens (tertiary/aromatic N) is 2. The first-order valence-corrected chi connectivity index (χ1v) is 6.63. The van der Waals surface area contributed by atoms with E-state index in [1.165, 1.54) is 0 Å². The van der Waals surface area contributed by atoms with E-state index in [2.05, 4.69) is 43.1 Å². The summed E-state index contributed by atoms with van der Waals surface area (Å²) in [6.07, 6.45) is 6.27. The molecule has 18 heavy (non-hydrogen) atoms. The smallest absolute Gasteiger partial charge is 0.0924 e. The zero-order chi connectivity index (χ0) is 12.8. The number of hydrogen-bond donors (Lipinski definition) is 2. The first kappa shape index (κ1) is 12.8. The van der Waals surface area contributed by atoms with Gasteiger partial charge in [-0.3, -0.25) is 4.99 Å². The Kier molecular flexibility index (Phi) is 4.52. The Morgan fingerprint density at radius 3 is 3.06 bits per heavy atom. The monoisotopic (exact) mass is 306 g/mol. The van der Waals surface area contributed by atoms with Crippen LogP contribution in [0, 0.1) is 0 Å². The second-order valence-corrected chi connectivity index (χ2v) is 4.69. The average molecular weight is 307 g/mol. The summed E-state index contributed by atoms with van der Waals surface area (Å²) in [6.45, 7) is 2.95. The van der Waals surface area contributed by atoms with Crippen LogP contribution in [0.2, 0.25) is 0 Å². The Morgan fingerprint density at radius 2 is 2.39 bits per heavy atom. The summed E-state index contributed by atoms with van der Waals surface area (Å²) in [6, 6.07) is 6.09. The van der Waals surface area contributed by atoms with E-state index in [9.17, 15) is 0 Å². The van der Waals surface area contributed by atoms with E-state index < -0.39 is 0 Å². The van der Waals surface area contributed by atoms with E-state index in [-0.39, 0.29) is 0 Å². The van der Waals surface area contributed by atoms with Gasteiger partial charge in [-0.05, 0) is 34.5 Å². The lowest BCUT2D eigenvalue weighted by molar-refractivity contribution is 0.936. The highest BCUT2D eigenvalue weighted by Gasteiger charge is 2.03. The molecule has 1 heterocycles. The van der Waals surface area contributed by atoms with Crippen LogP contribution in [0.1, 0.15) is 13.3 Å². The third kappa shape index (κ3) is 3.20. The molecule has 0 spiro atoms. The topological polar surface area (TPSA) is 53.1 Å². The summed E-state index contributed by atoms with van der Waals surface area (Å²) in [5, 5.41) is 3.16. The van der Waals surface area contributed by atoms with E-state index in [1.807, 2.05) is 18.2 Å². The van der Waals surface area contributed by atoms with E-state index >= 15 is 0 Å². The summed E-state index contributed by atoms with van der Waals surface area (Å²) in [5.74, 6) is 0. The lowest BCUT2D eigenvalue weighted by atomic mass is 10.1. The number of anilines is 1. The number of aromatic nitrogens is 2. The number of aliphatic imine (C=N–C) groups is 1. The van der Waals surface area contributed by atoms with Gasteiger partial charge in [0.1, 0.15) is 0 Å². The van der Waals surface area contributed by atoms with Crippen LogP contribution in [-0.4, -0.2) is 22.9 Å². The number of rotatable bonds is 5. The SMILES string of the molecule is CCCN=CNc1ccc(-c2cnc[nH]2)cc1Br. The number of hydrogen-bond acceptors (Lipinski definition) is 2. The molecule has 0 unspecified atom stereocenters. The molecule has 4 nitrogen and oxygen atoms in total. The summed E-state index contributed by atoms with van der Waals surface area (Å²) >= 11 is 3.54. The molecule has 2 rings (SSSR count). The predicted molar refractivity (Wildman–Crippen MR) is 79.0 cm³/mol. The van der Waals surface area contributed by atoms with Gasteiger partial charge >= 0.3 is 0 Å². The van der Waals surface area contributed by atoms with E-state index in [4.69, 9.17) is 0 Å². The third-order valence-corrected chi connectivity index (χ3v) is 3.10. The van der Waals surface area contributed by atoms with Gasteiger partial charge in [0.25, 0.3) is 0 Å². The molecule has 5 heteroatoms. The lowest BCUT2D eigenvalue weighted by Crippen LogP contribution is -1.96. The molecule has 1 aromatic heterocycles. The van der Waals surface area contributed by atoms with Gasteiger partial charge in [0.2, 0.25) is 0 Å². The number of nitrogens with one attached hydrogen (secondary N) is 2. The van der Waals surface area contributed by atoms with E-state index in [0.717, 1.165) is 34.4 Å². The first-order valence-electron chi connectivity index (χ1n) is 5.84. The van der Waals surface area contributed by atoms with Gasteiger partial charge in [0.05, 0.1) is 30.2 Å². The summed E-state index contributed by atoms with van der Waals surface area (Å²) < 4.78 is 0.998. The van der Waals surface area contributed by atoms with Crippen molar-refractivity contribution in [3.05, 3.63) is 35.2 Å². The zero-order valence-electron chi connectivity index (χ0n) is 10.2. The minimum absolute atomic E-state index is 0.844. The van der Waals surface area contributed by atoms with Crippen LogP contribution in [0.3, 0.4) is 0 Å². The molecule has 0 aliphatic heterocycles. The maximum atomic E-state index is 4.23. The third-order valence-electron chi connectivity index (χ3n) is 2.44. The van der Waals surface area contributed by atoms with Gasteiger partial charge in [-0.2, -0.15) is 0 Å². The molecule has 0 saturated carbocycles. The fourth-order valence-electron chi connectivity index (χ4n) is 1.52. The maximum absolute atomic E-state index is 4.23. The first-order chi connectivity index (χ1) is 8.81. The van der Waals surface area contributed by atoms with Gasteiger partial charge < -0.3 is 10.3 Å². The van der Waals surface area contributed by atoms with Crippen LogP contribution in [0.25, 0.3) is 11.3 Å². The summed E-state index contributed by atoms with van der Waals surface area (Å²) in [7, 11) is 0. The molecule has 0 amide bonds. The van der Waals surface area contributed by atoms with Crippen molar-refractivity contribution in [2.24, 2.45) is 4.99 Å². The minimum atomic E-state index is 0.844. The van der Waals surface area contributed by atoms with Crippen molar-refractivity contribution in [2.75, 3.05) is 11.9 Å². The molecule has 0 atom stereocenters. The van der Waals surface area contributed by atoms with Gasteiger partial charge in [-0.25, -0.2) is 4.98 Å². The number of benzene rings is 1. The highest BCUT2D eigenvalue weighted by atomic mass is 79.9. The number of imidazole rings is 1. The van der Waals surface area contributed by atoms with Gasteiger partial charge in [0.15, 0.2) is 0 Å². The van der Waals surface area contributed by atoms with Crippen LogP contribution >= 0.6 is 15.9 Å². The molecule has 0 aliphatic carbocycles. The summed E-state index contributed by atoms with van der Waals surface area (Å²) in [5.41, 5.74) is 3.09. The predicted octanol–water partition coefficient (Wildman–Crippen LogP) is 3.69. The molecular weight excluding hydrogens is 292 g/mol.